The van der Waals surface area contributed by atoms with Gasteiger partial charge in [0.05, 0.1) is 35.1 Å². The lowest BCUT2D eigenvalue weighted by Crippen LogP contribution is -2.66. The van der Waals surface area contributed by atoms with Gasteiger partial charge in [-0.1, -0.05) is 44.5 Å². The number of halogens is 6. The van der Waals surface area contributed by atoms with Crippen molar-refractivity contribution in [1.82, 2.24) is 9.88 Å². The Morgan fingerprint density at radius 3 is 2.35 bits per heavy atom. The molecule has 2 aliphatic carbocycles. The van der Waals surface area contributed by atoms with Crippen LogP contribution in [0.5, 0.6) is 11.5 Å². The molecule has 15 heteroatoms. The highest BCUT2D eigenvalue weighted by molar-refractivity contribution is 7.10. The number of carbonyl (C=O) groups is 2. The number of thiophene rings is 1. The molecule has 2 atom stereocenters. The minimum atomic E-state index is -4.88. The van der Waals surface area contributed by atoms with Gasteiger partial charge in [0.1, 0.15) is 16.4 Å². The molecule has 3 aliphatic rings. The number of ketones is 1. The molecule has 0 radical (unpaired) electrons. The van der Waals surface area contributed by atoms with Crippen molar-refractivity contribution >= 4 is 23.0 Å². The molecule has 1 aromatic carbocycles. The first-order chi connectivity index (χ1) is 26.9. The van der Waals surface area contributed by atoms with Gasteiger partial charge in [0, 0.05) is 47.3 Å². The summed E-state index contributed by atoms with van der Waals surface area (Å²) in [5, 5.41) is 23.3. The molecule has 8 nitrogen and oxygen atoms in total. The number of nitrogens with zero attached hydrogens (tertiary/aromatic N) is 2. The summed E-state index contributed by atoms with van der Waals surface area (Å²) in [6.45, 7) is 5.87. The summed E-state index contributed by atoms with van der Waals surface area (Å²) in [6.07, 6.45) is -2.39. The van der Waals surface area contributed by atoms with Crippen molar-refractivity contribution in [3.05, 3.63) is 88.1 Å². The van der Waals surface area contributed by atoms with Crippen LogP contribution < -0.4 is 9.47 Å². The molecule has 2 saturated carbocycles. The van der Waals surface area contributed by atoms with Crippen molar-refractivity contribution in [3.63, 3.8) is 0 Å². The molecule has 1 amide bonds. The van der Waals surface area contributed by atoms with Crippen LogP contribution in [0.25, 0.3) is 0 Å². The zero-order valence-corrected chi connectivity index (χ0v) is 32.6. The van der Waals surface area contributed by atoms with Gasteiger partial charge in [0.15, 0.2) is 11.4 Å². The van der Waals surface area contributed by atoms with Crippen molar-refractivity contribution in [2.75, 3.05) is 13.2 Å². The number of piperidine rings is 1. The van der Waals surface area contributed by atoms with Gasteiger partial charge in [-0.3, -0.25) is 14.6 Å². The lowest BCUT2D eigenvalue weighted by molar-refractivity contribution is -0.153. The average molecular weight is 823 g/mol. The highest BCUT2D eigenvalue weighted by Gasteiger charge is 2.56. The number of pyridine rings is 1. The minimum absolute atomic E-state index is 0.0115. The smallest absolute Gasteiger partial charge is 0.425 e. The summed E-state index contributed by atoms with van der Waals surface area (Å²) in [6, 6.07) is 7.50. The van der Waals surface area contributed by atoms with Crippen LogP contribution in [0.1, 0.15) is 117 Å². The Morgan fingerprint density at radius 2 is 1.74 bits per heavy atom. The number of aromatic nitrogens is 1. The predicted octanol–water partition coefficient (Wildman–Crippen LogP) is 10.5. The van der Waals surface area contributed by atoms with Gasteiger partial charge in [-0.05, 0) is 82.8 Å². The van der Waals surface area contributed by atoms with Crippen molar-refractivity contribution in [2.45, 2.75) is 120 Å². The largest absolute Gasteiger partial charge is 0.512 e. The third kappa shape index (κ3) is 8.69. The quantitative estimate of drug-likeness (QED) is 0.0947. The van der Waals surface area contributed by atoms with Crippen molar-refractivity contribution in [3.8, 4) is 11.5 Å². The van der Waals surface area contributed by atoms with Gasteiger partial charge in [-0.2, -0.15) is 26.3 Å². The molecule has 1 aliphatic heterocycles. The Balaban J connectivity index is 1.26. The van der Waals surface area contributed by atoms with Crippen LogP contribution in [-0.4, -0.2) is 56.6 Å². The van der Waals surface area contributed by atoms with Gasteiger partial charge >= 0.3 is 12.4 Å². The van der Waals surface area contributed by atoms with Crippen LogP contribution in [0, 0.1) is 11.3 Å². The predicted molar refractivity (Wildman–Crippen MR) is 201 cm³/mol. The van der Waals surface area contributed by atoms with E-state index in [1.807, 2.05) is 0 Å². The molecule has 2 aromatic heterocycles. The number of likely N-dealkylation sites (tertiary alicyclic amines) is 1. The fraction of sp³-hybridized carbons (Fsp3) is 0.548. The highest BCUT2D eigenvalue weighted by atomic mass is 32.1. The maximum atomic E-state index is 15.0. The van der Waals surface area contributed by atoms with Crippen LogP contribution in [0.2, 0.25) is 0 Å². The van der Waals surface area contributed by atoms with E-state index < -0.39 is 63.2 Å². The van der Waals surface area contributed by atoms with E-state index in [-0.39, 0.29) is 68.4 Å². The maximum absolute atomic E-state index is 15.0. The molecule has 3 heterocycles. The third-order valence-corrected chi connectivity index (χ3v) is 13.1. The van der Waals surface area contributed by atoms with Gasteiger partial charge < -0.3 is 24.6 Å². The number of allylic oxidation sites excluding steroid dienone is 1. The molecule has 0 unspecified atom stereocenters. The van der Waals surface area contributed by atoms with E-state index in [1.54, 1.807) is 31.2 Å². The summed E-state index contributed by atoms with van der Waals surface area (Å²) >= 11 is 0.391. The molecule has 6 rings (SSSR count). The Kier molecular flexibility index (Phi) is 12.4. The standard InChI is InChI=1S/C42H48F6N2O6S/c1-3-9-34-40(56-29-24-35(57-26-29)42(46,47)48,18-7-22-50(34)37(53)30-25-49-21-14-31(30)41(43,44)45)36(52)28-12-19-39(54,20-13-28)32-10-4-5-11-33(32)55-23-8-17-38(27(2)51)15-6-16-38/h4-5,10-11,14,21,24-26,28,34,51,54H,2-3,6-9,12-13,15-20,22-23H2,1H3/t28?,34-,39?,40+/m1/s1. The lowest BCUT2D eigenvalue weighted by Gasteiger charge is -2.50. The zero-order valence-electron chi connectivity index (χ0n) is 31.8. The number of rotatable bonds is 14. The first kappa shape index (κ1) is 42.5. The second-order valence-electron chi connectivity index (χ2n) is 15.7. The number of Topliss-reactive ketones (excluding diaryl/α,β-unsaturated/α-hetero) is 1. The molecule has 3 aromatic rings. The van der Waals surface area contributed by atoms with Crippen molar-refractivity contribution in [2.24, 2.45) is 11.3 Å². The SMILES string of the molecule is C=C(O)C1(CCCOc2ccccc2C2(O)CCC(C(=O)[C@]3(Oc4csc(C(F)(F)F)c4)CCCN(C(=O)c4cnccc4C(F)(F)F)[C@@H]3CCC)CC2)CCC1. The van der Waals surface area contributed by atoms with E-state index in [1.165, 1.54) is 4.90 Å². The number of aliphatic hydroxyl groups excluding tert-OH is 1. The van der Waals surface area contributed by atoms with Crippen LogP contribution >= 0.6 is 11.3 Å². The number of amides is 1. The van der Waals surface area contributed by atoms with Gasteiger partial charge in [0.2, 0.25) is 0 Å². The summed E-state index contributed by atoms with van der Waals surface area (Å²) < 4.78 is 96.0. The number of para-hydroxylation sites is 1. The maximum Gasteiger partial charge on any atom is 0.425 e. The fourth-order valence-electron chi connectivity index (χ4n) is 8.98. The fourth-order valence-corrected chi connectivity index (χ4v) is 9.65. The Hall–Kier alpha value is -4.11. The summed E-state index contributed by atoms with van der Waals surface area (Å²) in [5.74, 6) is -1.76. The monoisotopic (exact) mass is 822 g/mol. The number of benzene rings is 1. The number of carbonyl (C=O) groups excluding carboxylic acids is 2. The van der Waals surface area contributed by atoms with E-state index in [9.17, 15) is 41.4 Å². The van der Waals surface area contributed by atoms with E-state index >= 15 is 4.79 Å². The first-order valence-corrected chi connectivity index (χ1v) is 20.4. The molecule has 1 saturated heterocycles. The number of hydrogen-bond donors (Lipinski definition) is 2. The van der Waals surface area contributed by atoms with E-state index in [0.717, 1.165) is 49.5 Å². The number of ether oxygens (including phenoxy) is 2. The number of hydrogen-bond acceptors (Lipinski definition) is 8. The van der Waals surface area contributed by atoms with Crippen LogP contribution in [0.15, 0.2) is 66.5 Å². The zero-order chi connectivity index (χ0) is 41.2. The molecule has 310 valence electrons. The van der Waals surface area contributed by atoms with Crippen molar-refractivity contribution in [1.29, 1.82) is 0 Å². The topological polar surface area (TPSA) is 109 Å². The molecule has 0 spiro atoms. The highest BCUT2D eigenvalue weighted by Crippen LogP contribution is 2.50. The minimum Gasteiger partial charge on any atom is -0.512 e. The van der Waals surface area contributed by atoms with E-state index in [2.05, 4.69) is 11.6 Å². The lowest BCUT2D eigenvalue weighted by atomic mass is 9.65. The Labute approximate surface area is 331 Å². The second-order valence-corrected chi connectivity index (χ2v) is 16.6. The van der Waals surface area contributed by atoms with Crippen LogP contribution in [0.4, 0.5) is 26.3 Å². The molecule has 2 N–H and O–H groups in total. The van der Waals surface area contributed by atoms with Gasteiger partial charge in [-0.15, -0.1) is 11.3 Å². The summed E-state index contributed by atoms with van der Waals surface area (Å²) in [4.78, 5) is 33.2. The molecular formula is C42H48F6N2O6S. The molecule has 0 bridgehead atoms. The Morgan fingerprint density at radius 1 is 1.02 bits per heavy atom. The average Bonchev–Trinajstić information content (AvgIpc) is 3.63. The summed E-state index contributed by atoms with van der Waals surface area (Å²) in [7, 11) is 0. The van der Waals surface area contributed by atoms with E-state index in [0.29, 0.717) is 48.2 Å². The first-order valence-electron chi connectivity index (χ1n) is 19.5. The van der Waals surface area contributed by atoms with Gasteiger partial charge in [-0.25, -0.2) is 0 Å². The second kappa shape index (κ2) is 16.6. The van der Waals surface area contributed by atoms with Crippen molar-refractivity contribution < 1.29 is 55.6 Å². The summed E-state index contributed by atoms with van der Waals surface area (Å²) in [5.41, 5.74) is -4.89. The van der Waals surface area contributed by atoms with E-state index in [4.69, 9.17) is 9.47 Å². The number of aliphatic hydroxyl groups is 2. The number of alkyl halides is 6. The third-order valence-electron chi connectivity index (χ3n) is 12.2. The van der Waals surface area contributed by atoms with Gasteiger partial charge in [0.25, 0.3) is 5.91 Å². The van der Waals surface area contributed by atoms with Crippen LogP contribution in [0.3, 0.4) is 0 Å². The Bertz CT molecular complexity index is 1920. The van der Waals surface area contributed by atoms with Crippen LogP contribution in [-0.2, 0) is 22.7 Å². The molecule has 57 heavy (non-hydrogen) atoms. The normalized spacial score (nSPS) is 25.0. The molecular weight excluding hydrogens is 775 g/mol. The molecule has 3 fully saturated rings.